The highest BCUT2D eigenvalue weighted by molar-refractivity contribution is 6.34. The van der Waals surface area contributed by atoms with Crippen LogP contribution in [-0.4, -0.2) is 34.6 Å². The van der Waals surface area contributed by atoms with E-state index in [0.717, 1.165) is 30.6 Å². The zero-order valence-corrected chi connectivity index (χ0v) is 19.0. The lowest BCUT2D eigenvalue weighted by Crippen LogP contribution is -2.42. The van der Waals surface area contributed by atoms with E-state index in [-0.39, 0.29) is 23.4 Å². The summed E-state index contributed by atoms with van der Waals surface area (Å²) in [5, 5.41) is 0. The molecule has 2 aliphatic heterocycles. The molecular formula is C27H28N2O4. The van der Waals surface area contributed by atoms with Crippen molar-refractivity contribution < 1.29 is 19.2 Å². The minimum Gasteiger partial charge on any atom is -0.271 e. The number of imide groups is 2. The van der Waals surface area contributed by atoms with Gasteiger partial charge in [0.1, 0.15) is 0 Å². The molecule has 0 bridgehead atoms. The molecule has 2 aromatic carbocycles. The van der Waals surface area contributed by atoms with Crippen LogP contribution >= 0.6 is 0 Å². The zero-order chi connectivity index (χ0) is 23.3. The SMILES string of the molecule is CCCC(C)C1CCC(N2C(=O)c3ccc(N4C(=O)c5ccccc5C4=O)cc3C2=O)CC1. The molecule has 6 nitrogen and oxygen atoms in total. The van der Waals surface area contributed by atoms with Crippen LogP contribution in [0.2, 0.25) is 0 Å². The molecule has 0 aromatic heterocycles. The molecule has 0 radical (unpaired) electrons. The van der Waals surface area contributed by atoms with Gasteiger partial charge < -0.3 is 0 Å². The van der Waals surface area contributed by atoms with Crippen LogP contribution in [0.1, 0.15) is 93.8 Å². The number of hydrogen-bond acceptors (Lipinski definition) is 4. The highest BCUT2D eigenvalue weighted by Gasteiger charge is 2.43. The fourth-order valence-electron chi connectivity index (χ4n) is 5.76. The van der Waals surface area contributed by atoms with Gasteiger partial charge in [0.05, 0.1) is 27.9 Å². The van der Waals surface area contributed by atoms with Crippen LogP contribution in [0, 0.1) is 11.8 Å². The Morgan fingerprint density at radius 1 is 0.788 bits per heavy atom. The smallest absolute Gasteiger partial charge is 0.266 e. The molecule has 2 aromatic rings. The molecule has 1 saturated carbocycles. The molecule has 2 heterocycles. The minimum atomic E-state index is -0.413. The molecule has 3 aliphatic rings. The van der Waals surface area contributed by atoms with Gasteiger partial charge in [-0.15, -0.1) is 0 Å². The van der Waals surface area contributed by atoms with E-state index in [1.165, 1.54) is 23.8 Å². The number of benzene rings is 2. The summed E-state index contributed by atoms with van der Waals surface area (Å²) in [4.78, 5) is 54.6. The van der Waals surface area contributed by atoms with Gasteiger partial charge in [-0.1, -0.05) is 38.8 Å². The van der Waals surface area contributed by atoms with E-state index >= 15 is 0 Å². The lowest BCUT2D eigenvalue weighted by molar-refractivity contribution is 0.0514. The van der Waals surface area contributed by atoms with Crippen LogP contribution in [0.3, 0.4) is 0 Å². The summed E-state index contributed by atoms with van der Waals surface area (Å²) < 4.78 is 0. The summed E-state index contributed by atoms with van der Waals surface area (Å²) in [5.41, 5.74) is 1.64. The average molecular weight is 445 g/mol. The van der Waals surface area contributed by atoms with Gasteiger partial charge >= 0.3 is 0 Å². The van der Waals surface area contributed by atoms with Crippen LogP contribution < -0.4 is 4.90 Å². The van der Waals surface area contributed by atoms with E-state index in [4.69, 9.17) is 0 Å². The highest BCUT2D eigenvalue weighted by Crippen LogP contribution is 2.38. The Morgan fingerprint density at radius 3 is 1.97 bits per heavy atom. The Balaban J connectivity index is 1.37. The number of amides is 4. The summed E-state index contributed by atoms with van der Waals surface area (Å²) >= 11 is 0. The maximum absolute atomic E-state index is 13.3. The largest absolute Gasteiger partial charge is 0.271 e. The van der Waals surface area contributed by atoms with Crippen LogP contribution in [0.25, 0.3) is 0 Å². The summed E-state index contributed by atoms with van der Waals surface area (Å²) in [7, 11) is 0. The van der Waals surface area contributed by atoms with Crippen molar-refractivity contribution in [2.24, 2.45) is 11.8 Å². The summed E-state index contributed by atoms with van der Waals surface area (Å²) in [5.74, 6) is -0.1000. The normalized spacial score (nSPS) is 23.2. The predicted octanol–water partition coefficient (Wildman–Crippen LogP) is 5.08. The lowest BCUT2D eigenvalue weighted by atomic mass is 9.77. The second-order valence-corrected chi connectivity index (χ2v) is 9.54. The number of rotatable bonds is 5. The Kier molecular flexibility index (Phi) is 5.39. The van der Waals surface area contributed by atoms with Crippen molar-refractivity contribution in [2.75, 3.05) is 4.90 Å². The van der Waals surface area contributed by atoms with Gasteiger partial charge in [-0.25, -0.2) is 4.90 Å². The third-order valence-electron chi connectivity index (χ3n) is 7.61. The van der Waals surface area contributed by atoms with Gasteiger partial charge in [0.15, 0.2) is 0 Å². The van der Waals surface area contributed by atoms with Gasteiger partial charge in [0.2, 0.25) is 0 Å². The third kappa shape index (κ3) is 3.39. The summed E-state index contributed by atoms with van der Waals surface area (Å²) in [6.07, 6.45) is 6.10. The number of carbonyl (C=O) groups is 4. The van der Waals surface area contributed by atoms with Crippen molar-refractivity contribution >= 4 is 29.3 Å². The Bertz CT molecular complexity index is 1130. The minimum absolute atomic E-state index is 0.0924. The van der Waals surface area contributed by atoms with E-state index in [0.29, 0.717) is 34.2 Å². The van der Waals surface area contributed by atoms with Crippen molar-refractivity contribution in [3.63, 3.8) is 0 Å². The predicted molar refractivity (Wildman–Crippen MR) is 124 cm³/mol. The molecule has 5 rings (SSSR count). The van der Waals surface area contributed by atoms with E-state index in [2.05, 4.69) is 13.8 Å². The summed E-state index contributed by atoms with van der Waals surface area (Å²) in [6.45, 7) is 4.51. The first-order valence-electron chi connectivity index (χ1n) is 11.9. The van der Waals surface area contributed by atoms with Crippen molar-refractivity contribution in [3.05, 3.63) is 64.7 Å². The fraction of sp³-hybridized carbons (Fsp3) is 0.407. The van der Waals surface area contributed by atoms with E-state index in [1.807, 2.05) is 0 Å². The average Bonchev–Trinajstić information content (AvgIpc) is 3.23. The van der Waals surface area contributed by atoms with E-state index in [1.54, 1.807) is 36.4 Å². The van der Waals surface area contributed by atoms with Crippen LogP contribution in [0.15, 0.2) is 42.5 Å². The van der Waals surface area contributed by atoms with Gasteiger partial charge in [0.25, 0.3) is 23.6 Å². The number of carbonyl (C=O) groups excluding carboxylic acids is 4. The fourth-order valence-corrected chi connectivity index (χ4v) is 5.76. The number of anilines is 1. The summed E-state index contributed by atoms with van der Waals surface area (Å²) in [6, 6.07) is 11.3. The zero-order valence-electron chi connectivity index (χ0n) is 19.0. The maximum Gasteiger partial charge on any atom is 0.266 e. The molecule has 0 saturated heterocycles. The highest BCUT2D eigenvalue weighted by atomic mass is 16.2. The third-order valence-corrected chi connectivity index (χ3v) is 7.61. The first-order chi connectivity index (χ1) is 15.9. The molecule has 1 unspecified atom stereocenters. The van der Waals surface area contributed by atoms with E-state index in [9.17, 15) is 19.2 Å². The van der Waals surface area contributed by atoms with Gasteiger partial charge in [-0.2, -0.15) is 0 Å². The number of nitrogens with zero attached hydrogens (tertiary/aromatic N) is 2. The number of hydrogen-bond donors (Lipinski definition) is 0. The van der Waals surface area contributed by atoms with Crippen molar-refractivity contribution in [1.82, 2.24) is 4.90 Å². The molecule has 33 heavy (non-hydrogen) atoms. The molecule has 0 N–H and O–H groups in total. The lowest BCUT2D eigenvalue weighted by Gasteiger charge is -2.35. The molecular weight excluding hydrogens is 416 g/mol. The van der Waals surface area contributed by atoms with Crippen molar-refractivity contribution in [2.45, 2.75) is 58.4 Å². The Morgan fingerprint density at radius 2 is 1.36 bits per heavy atom. The molecule has 6 heteroatoms. The topological polar surface area (TPSA) is 74.8 Å². The van der Waals surface area contributed by atoms with Crippen molar-refractivity contribution in [3.8, 4) is 0 Å². The molecule has 0 spiro atoms. The molecule has 4 amide bonds. The van der Waals surface area contributed by atoms with Crippen molar-refractivity contribution in [1.29, 1.82) is 0 Å². The molecule has 1 atom stereocenters. The maximum atomic E-state index is 13.3. The van der Waals surface area contributed by atoms with Crippen LogP contribution in [0.5, 0.6) is 0 Å². The van der Waals surface area contributed by atoms with Crippen LogP contribution in [0.4, 0.5) is 5.69 Å². The molecule has 1 fully saturated rings. The van der Waals surface area contributed by atoms with Crippen LogP contribution in [-0.2, 0) is 0 Å². The van der Waals surface area contributed by atoms with Gasteiger partial charge in [0, 0.05) is 6.04 Å². The first kappa shape index (κ1) is 21.6. The van der Waals surface area contributed by atoms with E-state index < -0.39 is 11.8 Å². The number of fused-ring (bicyclic) bond motifs is 2. The second-order valence-electron chi connectivity index (χ2n) is 9.54. The Labute approximate surface area is 193 Å². The van der Waals surface area contributed by atoms with Gasteiger partial charge in [-0.05, 0) is 67.9 Å². The molecule has 170 valence electrons. The quantitative estimate of drug-likeness (QED) is 0.603. The van der Waals surface area contributed by atoms with Gasteiger partial charge in [-0.3, -0.25) is 24.1 Å². The monoisotopic (exact) mass is 444 g/mol. The first-order valence-corrected chi connectivity index (χ1v) is 11.9. The standard InChI is InChI=1S/C27H28N2O4/c1-3-6-16(2)17-9-11-18(12-10-17)28-26(32)22-14-13-19(15-23(22)27(28)33)29-24(30)20-7-4-5-8-21(20)25(29)31/h4-5,7-8,13-18H,3,6,9-12H2,1-2H3. The molecule has 1 aliphatic carbocycles. The Hall–Kier alpha value is -3.28. The second kappa shape index (κ2) is 8.25.